The lowest BCUT2D eigenvalue weighted by molar-refractivity contribution is -0.141. The molecule has 0 aliphatic carbocycles. The van der Waals surface area contributed by atoms with Crippen molar-refractivity contribution >= 4 is 131 Å². The van der Waals surface area contributed by atoms with Gasteiger partial charge in [-0.2, -0.15) is 12.6 Å². The normalized spacial score (nSPS) is 16.4. The molecule has 45 nitrogen and oxygen atoms in total. The second kappa shape index (κ2) is 64.9. The Labute approximate surface area is 830 Å². The molecule has 22 atom stereocenters. The van der Waals surface area contributed by atoms with Gasteiger partial charge in [-0.1, -0.05) is 199 Å². The molecular weight excluding hydrogens is 1840 g/mol. The Morgan fingerprint density at radius 1 is 0.243 bits per heavy atom. The maximum Gasteiger partial charge on any atom is 0.327 e. The van der Waals surface area contributed by atoms with E-state index in [1.807, 2.05) is 6.92 Å². The van der Waals surface area contributed by atoms with E-state index >= 15 is 0 Å². The molecule has 0 aromatic heterocycles. The minimum Gasteiger partial charge on any atom is -0.480 e. The average molecular weight is 2010 g/mol. The lowest BCUT2D eigenvalue weighted by Gasteiger charge is -2.31. The Morgan fingerprint density at radius 2 is 0.436 bits per heavy atom. The maximum atomic E-state index is 14.7. The fourth-order valence-corrected chi connectivity index (χ4v) is 14.6. The second-order valence-corrected chi connectivity index (χ2v) is 40.7. The molecule has 0 aliphatic rings. The summed E-state index contributed by atoms with van der Waals surface area (Å²) < 4.78 is 0. The van der Waals surface area contributed by atoms with Crippen molar-refractivity contribution in [2.45, 2.75) is 360 Å². The number of aliphatic carboxylic acids is 1. The number of amides is 19. The number of thiol groups is 1. The van der Waals surface area contributed by atoms with Crippen molar-refractivity contribution in [1.82, 2.24) is 101 Å². The zero-order chi connectivity index (χ0) is 108. The van der Waals surface area contributed by atoms with E-state index in [0.29, 0.717) is 6.42 Å². The monoisotopic (exact) mass is 2010 g/mol. The Bertz CT molecular complexity index is 4060. The Balaban J connectivity index is 6.66. The van der Waals surface area contributed by atoms with Crippen LogP contribution in [0.25, 0.3) is 0 Å². The summed E-state index contributed by atoms with van der Waals surface area (Å²) >= 11 is 4.02. The van der Waals surface area contributed by atoms with Gasteiger partial charge in [0.15, 0.2) is 0 Å². The highest BCUT2D eigenvalue weighted by Crippen LogP contribution is 2.20. The molecular formula is C94H170N20O25S. The van der Waals surface area contributed by atoms with Gasteiger partial charge in [0.1, 0.15) is 103 Å². The van der Waals surface area contributed by atoms with E-state index in [9.17, 15) is 121 Å². The molecule has 0 radical (unpaired) electrons. The third-order valence-corrected chi connectivity index (χ3v) is 23.7. The summed E-state index contributed by atoms with van der Waals surface area (Å²) in [5.74, 6) is -24.2. The molecule has 0 aromatic carbocycles. The van der Waals surface area contributed by atoms with E-state index in [0.717, 1.165) is 6.92 Å². The van der Waals surface area contributed by atoms with Crippen LogP contribution in [0.4, 0.5) is 0 Å². The number of nitrogens with one attached hydrogen (secondary N) is 19. The van der Waals surface area contributed by atoms with Crippen molar-refractivity contribution in [2.75, 3.05) is 38.7 Å². The van der Waals surface area contributed by atoms with E-state index < -0.39 is 301 Å². The first-order valence-electron chi connectivity index (χ1n) is 48.8. The quantitative estimate of drug-likeness (QED) is 0.0274. The second-order valence-electron chi connectivity index (χ2n) is 40.3. The number of carboxylic acids is 1. The Kier molecular flexibility index (Phi) is 60.0. The Morgan fingerprint density at radius 3 is 0.679 bits per heavy atom. The summed E-state index contributed by atoms with van der Waals surface area (Å²) in [5.41, 5.74) is 6.09. The first-order chi connectivity index (χ1) is 65.0. The number of nitrogens with two attached hydrogens (primary N) is 1. The highest BCUT2D eigenvalue weighted by molar-refractivity contribution is 7.80. The lowest BCUT2D eigenvalue weighted by atomic mass is 9.95. The van der Waals surface area contributed by atoms with Gasteiger partial charge in [-0.3, -0.25) is 91.1 Å². The van der Waals surface area contributed by atoms with E-state index in [4.69, 9.17) is 5.73 Å². The van der Waals surface area contributed by atoms with E-state index in [1.165, 1.54) is 13.8 Å². The summed E-state index contributed by atoms with van der Waals surface area (Å²) in [6.07, 6.45) is -0.442. The van der Waals surface area contributed by atoms with Crippen LogP contribution in [-0.4, -0.2) is 297 Å². The van der Waals surface area contributed by atoms with Gasteiger partial charge in [-0.25, -0.2) is 4.79 Å². The third kappa shape index (κ3) is 46.5. The molecule has 0 aromatic rings. The summed E-state index contributed by atoms with van der Waals surface area (Å²) in [7, 11) is 0. The lowest BCUT2D eigenvalue weighted by Crippen LogP contribution is -2.62. The summed E-state index contributed by atoms with van der Waals surface area (Å²) in [6.45, 7) is 40.6. The topological polar surface area (TPSA) is 697 Å². The molecule has 0 saturated heterocycles. The number of hydrogen-bond donors (Lipinski definition) is 26. The van der Waals surface area contributed by atoms with Crippen LogP contribution in [0.1, 0.15) is 245 Å². The predicted octanol–water partition coefficient (Wildman–Crippen LogP) is -2.80. The third-order valence-electron chi connectivity index (χ3n) is 23.4. The molecule has 0 spiro atoms. The van der Waals surface area contributed by atoms with Crippen molar-refractivity contribution in [3.05, 3.63) is 0 Å². The largest absolute Gasteiger partial charge is 0.480 e. The zero-order valence-corrected chi connectivity index (χ0v) is 87.9. The molecule has 0 aliphatic heterocycles. The molecule has 19 amide bonds. The van der Waals surface area contributed by atoms with Crippen LogP contribution < -0.4 is 107 Å². The molecule has 0 saturated carbocycles. The van der Waals surface area contributed by atoms with Crippen molar-refractivity contribution in [1.29, 1.82) is 0 Å². The fraction of sp³-hybridized carbons (Fsp3) is 0.787. The smallest absolute Gasteiger partial charge is 0.327 e. The number of rotatable bonds is 66. The number of carboxylic acid groups (broad SMARTS) is 1. The van der Waals surface area contributed by atoms with E-state index in [-0.39, 0.29) is 98.5 Å². The van der Waals surface area contributed by atoms with Crippen LogP contribution in [0.15, 0.2) is 0 Å². The van der Waals surface area contributed by atoms with E-state index in [2.05, 4.69) is 114 Å². The molecule has 140 heavy (non-hydrogen) atoms. The van der Waals surface area contributed by atoms with Gasteiger partial charge < -0.3 is 132 Å². The molecule has 0 bridgehead atoms. The van der Waals surface area contributed by atoms with Crippen LogP contribution in [0.5, 0.6) is 0 Å². The van der Waals surface area contributed by atoms with Gasteiger partial charge in [0, 0.05) is 5.75 Å². The molecule has 0 heterocycles. The van der Waals surface area contributed by atoms with Gasteiger partial charge in [0.2, 0.25) is 112 Å². The van der Waals surface area contributed by atoms with Gasteiger partial charge in [-0.05, 0) is 122 Å². The minimum absolute atomic E-state index is 0.0225. The SMILES string of the molecule is CC[C@H](C)[C@H](N)C(=O)N[C@H](C(=O)N[C@H](C(=O)NCC(=O)N[C@@H](CO)C(=O)N[C@H](C(=O)N[C@H](C(=O)NCC(=O)N[C@@H](CO)C(=O)N[C@H](C(=O)N[C@H](C(=O)N[C@@H](CC(C)C)C(=O)N[C@@H](CC(C)C)C(=O)N[C@@H](CC(C)C)C(=O)N[C@@H](CO)C(=O)N[C@H](C(=O)N[C@@H](CC(C)C)C(=O)N[C@@H](CC(C)C)C(=O)N[C@@H](CC(C)C)C(=O)N[C@@H](CS)C(=O)O)[C@@H](C)CC)C(C)C)[C@@H](C)CC)[C@@H](C)O)C(C)C)C(C)C)C(C)C. The highest BCUT2D eigenvalue weighted by atomic mass is 32.1. The van der Waals surface area contributed by atoms with Gasteiger partial charge >= 0.3 is 5.97 Å². The van der Waals surface area contributed by atoms with Gasteiger partial charge in [-0.15, -0.1) is 0 Å². The first-order valence-corrected chi connectivity index (χ1v) is 49.5. The number of carbonyl (C=O) groups excluding carboxylic acids is 19. The standard InChI is InChI=1S/C94H170N20O25S/c1-28-53(24)69(95)86(130)109-73(52(22)23)90(134)110-70(49(16)17)87(131)96-37-67(119)98-63(39-115)83(127)108-72(51(20)21)91(135)114-76(56(27)118)88(132)97-38-68(120)99-64(40-116)84(128)113-75(55(26)30-3)93(137)111-71(50(18)19)89(133)104-61(35-47(12)13)79(123)100-57(31-43(4)5)77(121)102-59(33-45(8)9)81(125)106-65(41-117)85(129)112-74(54(25)29-2)92(136)105-62(36-48(14)15)80(124)101-58(32-44(6)7)78(122)103-60(34-46(10)11)82(126)107-66(42-140)94(138)139/h43-66,69-76,115-118,140H,28-42,95H2,1-27H3,(H,96,131)(H,97,132)(H,98,119)(H,99,120)(H,100,123)(H,101,124)(H,102,121)(H,103,122)(H,104,133)(H,105,136)(H,106,125)(H,107,126)(H,108,127)(H,109,130)(H,110,134)(H,111,137)(H,112,129)(H,113,128)(H,114,135)(H,138,139)/t53-,54-,55-,56+,57-,58-,59-,60-,61-,62-,63-,64-,65-,66-,69-,70-,71-,72-,73-,74-,75-,76-/m0/s1. The van der Waals surface area contributed by atoms with Crippen molar-refractivity contribution in [2.24, 2.45) is 82.7 Å². The fourth-order valence-electron chi connectivity index (χ4n) is 14.4. The molecule has 0 fully saturated rings. The van der Waals surface area contributed by atoms with Crippen molar-refractivity contribution < 1.29 is 121 Å². The summed E-state index contributed by atoms with van der Waals surface area (Å²) in [5, 5.41) is 99.7. The van der Waals surface area contributed by atoms with E-state index in [1.54, 1.807) is 159 Å². The zero-order valence-electron chi connectivity index (χ0n) is 87.0. The number of carbonyl (C=O) groups is 20. The van der Waals surface area contributed by atoms with Crippen LogP contribution in [-0.2, 0) is 95.9 Å². The van der Waals surface area contributed by atoms with Crippen LogP contribution >= 0.6 is 12.6 Å². The average Bonchev–Trinajstić information content (AvgIpc) is 0.838. The minimum atomic E-state index is -1.83. The summed E-state index contributed by atoms with van der Waals surface area (Å²) in [4.78, 5) is 277. The Hall–Kier alpha value is -10.4. The predicted molar refractivity (Wildman–Crippen MR) is 526 cm³/mol. The molecule has 0 rings (SSSR count). The van der Waals surface area contributed by atoms with Crippen LogP contribution in [0.2, 0.25) is 0 Å². The maximum absolute atomic E-state index is 14.7. The van der Waals surface area contributed by atoms with Crippen LogP contribution in [0, 0.1) is 76.9 Å². The number of hydrogen-bond acceptors (Lipinski definition) is 26. The highest BCUT2D eigenvalue weighted by Gasteiger charge is 2.43. The van der Waals surface area contributed by atoms with Gasteiger partial charge in [0.05, 0.1) is 45.1 Å². The number of aliphatic hydroxyl groups excluding tert-OH is 4. The molecule has 46 heteroatoms. The molecule has 26 N–H and O–H groups in total. The van der Waals surface area contributed by atoms with Crippen molar-refractivity contribution in [3.63, 3.8) is 0 Å². The number of aliphatic hydroxyl groups is 4. The molecule has 0 unspecified atom stereocenters. The van der Waals surface area contributed by atoms with Gasteiger partial charge in [0.25, 0.3) is 0 Å². The van der Waals surface area contributed by atoms with Crippen molar-refractivity contribution in [3.8, 4) is 0 Å². The molecule has 802 valence electrons. The van der Waals surface area contributed by atoms with Crippen LogP contribution in [0.3, 0.4) is 0 Å². The summed E-state index contributed by atoms with van der Waals surface area (Å²) in [6, 6.07) is -25.4. The first kappa shape index (κ1) is 130.